The molecule has 6 heteroatoms. The maximum atomic E-state index is 11.9. The average Bonchev–Trinajstić information content (AvgIpc) is 3.15. The molecule has 2 amide bonds. The van der Waals surface area contributed by atoms with Gasteiger partial charge in [-0.15, -0.1) is 23.1 Å². The number of amides is 2. The zero-order valence-electron chi connectivity index (χ0n) is 12.9. The largest absolute Gasteiger partial charge is 0.337 e. The standard InChI is InChI=1S/C18H17N3OS2/c22-18(20-11-12-23-16-4-2-1-3-5-16)21-15-8-6-14(7-9-15)17-19-10-13-24-17/h1-10,13H,11-12H2,(H2,20,21,22). The van der Waals surface area contributed by atoms with Crippen molar-refractivity contribution in [2.45, 2.75) is 4.90 Å². The van der Waals surface area contributed by atoms with Gasteiger partial charge in [-0.2, -0.15) is 0 Å². The van der Waals surface area contributed by atoms with Gasteiger partial charge >= 0.3 is 6.03 Å². The van der Waals surface area contributed by atoms with E-state index in [4.69, 9.17) is 0 Å². The highest BCUT2D eigenvalue weighted by atomic mass is 32.2. The molecule has 4 nitrogen and oxygen atoms in total. The average molecular weight is 355 g/mol. The molecule has 2 N–H and O–H groups in total. The Bertz CT molecular complexity index is 759. The molecule has 0 bridgehead atoms. The number of nitrogens with one attached hydrogen (secondary N) is 2. The summed E-state index contributed by atoms with van der Waals surface area (Å²) in [5, 5.41) is 8.62. The number of carbonyl (C=O) groups is 1. The molecule has 3 aromatic rings. The number of hydrogen-bond donors (Lipinski definition) is 2. The molecule has 0 radical (unpaired) electrons. The highest BCUT2D eigenvalue weighted by Gasteiger charge is 2.03. The van der Waals surface area contributed by atoms with E-state index in [1.165, 1.54) is 4.90 Å². The van der Waals surface area contributed by atoms with Crippen molar-refractivity contribution in [1.29, 1.82) is 0 Å². The van der Waals surface area contributed by atoms with Crippen LogP contribution in [0.1, 0.15) is 0 Å². The summed E-state index contributed by atoms with van der Waals surface area (Å²) in [5.41, 5.74) is 1.82. The van der Waals surface area contributed by atoms with Crippen LogP contribution in [-0.4, -0.2) is 23.3 Å². The van der Waals surface area contributed by atoms with Crippen LogP contribution in [0.2, 0.25) is 0 Å². The number of aromatic nitrogens is 1. The summed E-state index contributed by atoms with van der Waals surface area (Å²) < 4.78 is 0. The fourth-order valence-corrected chi connectivity index (χ4v) is 3.52. The third kappa shape index (κ3) is 4.84. The number of anilines is 1. The van der Waals surface area contributed by atoms with Crippen LogP contribution in [0.3, 0.4) is 0 Å². The molecule has 0 unspecified atom stereocenters. The minimum absolute atomic E-state index is 0.189. The van der Waals surface area contributed by atoms with Crippen LogP contribution >= 0.6 is 23.1 Å². The number of urea groups is 1. The highest BCUT2D eigenvalue weighted by Crippen LogP contribution is 2.23. The number of hydrogen-bond acceptors (Lipinski definition) is 4. The fourth-order valence-electron chi connectivity index (χ4n) is 2.09. The highest BCUT2D eigenvalue weighted by molar-refractivity contribution is 7.99. The first-order valence-electron chi connectivity index (χ1n) is 7.54. The monoisotopic (exact) mass is 355 g/mol. The molecule has 1 aromatic heterocycles. The van der Waals surface area contributed by atoms with Crippen molar-refractivity contribution in [3.63, 3.8) is 0 Å². The zero-order valence-corrected chi connectivity index (χ0v) is 14.6. The van der Waals surface area contributed by atoms with Crippen molar-refractivity contribution in [2.75, 3.05) is 17.6 Å². The quantitative estimate of drug-likeness (QED) is 0.497. The molecule has 0 spiro atoms. The Balaban J connectivity index is 1.42. The van der Waals surface area contributed by atoms with Crippen molar-refractivity contribution in [1.82, 2.24) is 10.3 Å². The Morgan fingerprint density at radius 2 is 1.88 bits per heavy atom. The maximum absolute atomic E-state index is 11.9. The van der Waals surface area contributed by atoms with Gasteiger partial charge in [0.05, 0.1) is 0 Å². The zero-order chi connectivity index (χ0) is 16.6. The summed E-state index contributed by atoms with van der Waals surface area (Å²) in [5.74, 6) is 0.834. The predicted octanol–water partition coefficient (Wildman–Crippen LogP) is 4.72. The molecular weight excluding hydrogens is 338 g/mol. The molecule has 0 aliphatic heterocycles. The predicted molar refractivity (Wildman–Crippen MR) is 102 cm³/mol. The number of rotatable bonds is 6. The van der Waals surface area contributed by atoms with Gasteiger partial charge in [-0.05, 0) is 36.4 Å². The lowest BCUT2D eigenvalue weighted by atomic mass is 10.2. The number of carbonyl (C=O) groups excluding carboxylic acids is 1. The van der Waals surface area contributed by atoms with Gasteiger partial charge in [-0.3, -0.25) is 0 Å². The first kappa shape index (κ1) is 16.5. The Morgan fingerprint density at radius 1 is 1.08 bits per heavy atom. The molecule has 0 saturated carbocycles. The maximum Gasteiger partial charge on any atom is 0.319 e. The topological polar surface area (TPSA) is 54.0 Å². The first-order chi connectivity index (χ1) is 11.8. The molecule has 24 heavy (non-hydrogen) atoms. The lowest BCUT2D eigenvalue weighted by Gasteiger charge is -2.08. The minimum atomic E-state index is -0.189. The lowest BCUT2D eigenvalue weighted by Crippen LogP contribution is -2.30. The second-order valence-electron chi connectivity index (χ2n) is 4.96. The number of thioether (sulfide) groups is 1. The number of thiazole rings is 1. The Hall–Kier alpha value is -2.31. The Kier molecular flexibility index (Phi) is 5.87. The Labute approximate surface area is 149 Å². The van der Waals surface area contributed by atoms with Crippen molar-refractivity contribution in [3.8, 4) is 10.6 Å². The molecule has 2 aromatic carbocycles. The number of nitrogens with zero attached hydrogens (tertiary/aromatic N) is 1. The smallest absolute Gasteiger partial charge is 0.319 e. The van der Waals surface area contributed by atoms with E-state index in [1.807, 2.05) is 47.8 Å². The molecular formula is C18H17N3OS2. The minimum Gasteiger partial charge on any atom is -0.337 e. The van der Waals surface area contributed by atoms with Gasteiger partial charge in [0.15, 0.2) is 0 Å². The van der Waals surface area contributed by atoms with Gasteiger partial charge in [0.25, 0.3) is 0 Å². The SMILES string of the molecule is O=C(NCCSc1ccccc1)Nc1ccc(-c2nccs2)cc1. The summed E-state index contributed by atoms with van der Waals surface area (Å²) >= 11 is 3.32. The van der Waals surface area contributed by atoms with E-state index < -0.39 is 0 Å². The van der Waals surface area contributed by atoms with Gasteiger partial charge < -0.3 is 10.6 Å². The van der Waals surface area contributed by atoms with E-state index in [2.05, 4.69) is 27.8 Å². The molecule has 0 fully saturated rings. The number of benzene rings is 2. The molecule has 122 valence electrons. The van der Waals surface area contributed by atoms with Crippen LogP contribution in [0.4, 0.5) is 10.5 Å². The van der Waals surface area contributed by atoms with Gasteiger partial charge in [0.1, 0.15) is 5.01 Å². The van der Waals surface area contributed by atoms with E-state index in [9.17, 15) is 4.79 Å². The van der Waals surface area contributed by atoms with Crippen molar-refractivity contribution in [3.05, 3.63) is 66.2 Å². The van der Waals surface area contributed by atoms with Crippen molar-refractivity contribution < 1.29 is 4.79 Å². The van der Waals surface area contributed by atoms with Gasteiger partial charge in [-0.25, -0.2) is 9.78 Å². The third-order valence-electron chi connectivity index (χ3n) is 3.22. The normalized spacial score (nSPS) is 10.3. The summed E-state index contributed by atoms with van der Waals surface area (Å²) in [7, 11) is 0. The van der Waals surface area contributed by atoms with Crippen LogP contribution < -0.4 is 10.6 Å². The molecule has 0 aliphatic carbocycles. The van der Waals surface area contributed by atoms with Gasteiger partial charge in [0.2, 0.25) is 0 Å². The van der Waals surface area contributed by atoms with Crippen LogP contribution in [-0.2, 0) is 0 Å². The van der Waals surface area contributed by atoms with E-state index in [-0.39, 0.29) is 6.03 Å². The summed E-state index contributed by atoms with van der Waals surface area (Å²) in [6.45, 7) is 0.614. The van der Waals surface area contributed by atoms with E-state index in [0.29, 0.717) is 6.54 Å². The van der Waals surface area contributed by atoms with Crippen molar-refractivity contribution >= 4 is 34.8 Å². The second kappa shape index (κ2) is 8.52. The Morgan fingerprint density at radius 3 is 2.58 bits per heavy atom. The molecule has 1 heterocycles. The lowest BCUT2D eigenvalue weighted by molar-refractivity contribution is 0.252. The van der Waals surface area contributed by atoms with Crippen LogP contribution in [0.25, 0.3) is 10.6 Å². The second-order valence-corrected chi connectivity index (χ2v) is 7.02. The summed E-state index contributed by atoms with van der Waals surface area (Å²) in [6.07, 6.45) is 1.78. The van der Waals surface area contributed by atoms with Crippen LogP contribution in [0.15, 0.2) is 71.1 Å². The molecule has 0 aliphatic rings. The van der Waals surface area contributed by atoms with E-state index in [1.54, 1.807) is 29.3 Å². The first-order valence-corrected chi connectivity index (χ1v) is 9.40. The van der Waals surface area contributed by atoms with Crippen LogP contribution in [0.5, 0.6) is 0 Å². The fraction of sp³-hybridized carbons (Fsp3) is 0.111. The third-order valence-corrected chi connectivity index (χ3v) is 5.06. The van der Waals surface area contributed by atoms with Crippen LogP contribution in [0, 0.1) is 0 Å². The molecule has 3 rings (SSSR count). The van der Waals surface area contributed by atoms with E-state index >= 15 is 0 Å². The van der Waals surface area contributed by atoms with E-state index in [0.717, 1.165) is 22.0 Å². The van der Waals surface area contributed by atoms with Crippen molar-refractivity contribution in [2.24, 2.45) is 0 Å². The summed E-state index contributed by atoms with van der Waals surface area (Å²) in [6, 6.07) is 17.6. The van der Waals surface area contributed by atoms with Gasteiger partial charge in [-0.1, -0.05) is 18.2 Å². The summed E-state index contributed by atoms with van der Waals surface area (Å²) in [4.78, 5) is 17.4. The van der Waals surface area contributed by atoms with Gasteiger partial charge in [0, 0.05) is 40.0 Å². The molecule has 0 atom stereocenters. The molecule has 0 saturated heterocycles.